The number of amides is 1. The quantitative estimate of drug-likeness (QED) is 0.887. The molecule has 6 nitrogen and oxygen atoms in total. The summed E-state index contributed by atoms with van der Waals surface area (Å²) in [7, 11) is -3.51. The second-order valence-electron chi connectivity index (χ2n) is 7.91. The standard InChI is InChI=1S/C18H26N2O4S/c1-17(2)15(18(17,3)4)16(21)19-13-5-7-14(8-6-13)25(22,23)20-9-11-24-12-10-20/h5-8,15H,9-12H2,1-4H3,(H,19,21). The molecule has 0 aromatic heterocycles. The van der Waals surface area contributed by atoms with E-state index in [2.05, 4.69) is 33.0 Å². The first kappa shape index (κ1) is 18.4. The normalized spacial score (nSPS) is 23.2. The van der Waals surface area contributed by atoms with Crippen molar-refractivity contribution in [3.8, 4) is 0 Å². The van der Waals surface area contributed by atoms with Crippen molar-refractivity contribution < 1.29 is 17.9 Å². The molecule has 0 bridgehead atoms. The van der Waals surface area contributed by atoms with Gasteiger partial charge in [-0.2, -0.15) is 4.31 Å². The molecule has 1 amide bonds. The van der Waals surface area contributed by atoms with Crippen molar-refractivity contribution >= 4 is 21.6 Å². The molecule has 0 unspecified atom stereocenters. The first-order valence-electron chi connectivity index (χ1n) is 8.57. The zero-order valence-electron chi connectivity index (χ0n) is 15.2. The molecule has 1 aliphatic heterocycles. The zero-order valence-corrected chi connectivity index (χ0v) is 16.0. The molecule has 1 N–H and O–H groups in total. The number of carbonyl (C=O) groups is 1. The number of sulfonamides is 1. The predicted octanol–water partition coefficient (Wildman–Crippen LogP) is 2.33. The molecule has 1 aromatic carbocycles. The minimum atomic E-state index is -3.51. The van der Waals surface area contributed by atoms with E-state index in [4.69, 9.17) is 4.74 Å². The SMILES string of the molecule is CC1(C)C(C(=O)Nc2ccc(S(=O)(=O)N3CCOCC3)cc2)C1(C)C. The second kappa shape index (κ2) is 6.07. The molecule has 138 valence electrons. The van der Waals surface area contributed by atoms with Crippen LogP contribution in [0.25, 0.3) is 0 Å². The summed E-state index contributed by atoms with van der Waals surface area (Å²) in [5, 5.41) is 2.91. The lowest BCUT2D eigenvalue weighted by Crippen LogP contribution is -2.40. The maximum atomic E-state index is 12.6. The molecule has 0 atom stereocenters. The van der Waals surface area contributed by atoms with Crippen LogP contribution in [-0.4, -0.2) is 44.9 Å². The third-order valence-electron chi connectivity index (χ3n) is 6.01. The van der Waals surface area contributed by atoms with E-state index in [0.29, 0.717) is 32.0 Å². The lowest BCUT2D eigenvalue weighted by Gasteiger charge is -2.26. The third kappa shape index (κ3) is 3.09. The maximum absolute atomic E-state index is 12.6. The van der Waals surface area contributed by atoms with Gasteiger partial charge in [0.1, 0.15) is 0 Å². The Kier molecular flexibility index (Phi) is 4.46. The van der Waals surface area contributed by atoms with Gasteiger partial charge in [-0.3, -0.25) is 4.79 Å². The van der Waals surface area contributed by atoms with E-state index in [9.17, 15) is 13.2 Å². The zero-order chi connectivity index (χ0) is 18.5. The van der Waals surface area contributed by atoms with Gasteiger partial charge in [-0.15, -0.1) is 0 Å². The smallest absolute Gasteiger partial charge is 0.243 e. The van der Waals surface area contributed by atoms with Crippen LogP contribution in [0.3, 0.4) is 0 Å². The van der Waals surface area contributed by atoms with Crippen molar-refractivity contribution in [2.24, 2.45) is 16.7 Å². The molecule has 2 aliphatic rings. The lowest BCUT2D eigenvalue weighted by molar-refractivity contribution is -0.118. The summed E-state index contributed by atoms with van der Waals surface area (Å²) in [6, 6.07) is 6.38. The molecule has 2 fully saturated rings. The van der Waals surface area contributed by atoms with Crippen LogP contribution in [0.4, 0.5) is 5.69 Å². The van der Waals surface area contributed by atoms with Gasteiger partial charge >= 0.3 is 0 Å². The maximum Gasteiger partial charge on any atom is 0.243 e. The highest BCUT2D eigenvalue weighted by atomic mass is 32.2. The number of rotatable bonds is 4. The molecule has 1 saturated heterocycles. The van der Waals surface area contributed by atoms with Crippen molar-refractivity contribution in [3.63, 3.8) is 0 Å². The van der Waals surface area contributed by atoms with Gasteiger partial charge in [0, 0.05) is 24.7 Å². The van der Waals surface area contributed by atoms with Gasteiger partial charge in [0.15, 0.2) is 0 Å². The highest BCUT2D eigenvalue weighted by Gasteiger charge is 2.68. The third-order valence-corrected chi connectivity index (χ3v) is 7.93. The Bertz CT molecular complexity index is 749. The molecule has 25 heavy (non-hydrogen) atoms. The Labute approximate surface area is 149 Å². The van der Waals surface area contributed by atoms with Crippen LogP contribution < -0.4 is 5.32 Å². The molecule has 3 rings (SSSR count). The number of nitrogens with one attached hydrogen (secondary N) is 1. The van der Waals surface area contributed by atoms with Gasteiger partial charge in [0.05, 0.1) is 18.1 Å². The van der Waals surface area contributed by atoms with E-state index in [-0.39, 0.29) is 27.6 Å². The van der Waals surface area contributed by atoms with Crippen LogP contribution in [0.15, 0.2) is 29.2 Å². The molecule has 0 spiro atoms. The Morgan fingerprint density at radius 3 is 2.08 bits per heavy atom. The molecule has 1 aliphatic carbocycles. The summed E-state index contributed by atoms with van der Waals surface area (Å²) in [5.74, 6) is -0.0597. The predicted molar refractivity (Wildman–Crippen MR) is 95.7 cm³/mol. The average Bonchev–Trinajstić information content (AvgIpc) is 2.98. The van der Waals surface area contributed by atoms with Crippen LogP contribution in [-0.2, 0) is 19.6 Å². The fraction of sp³-hybridized carbons (Fsp3) is 0.611. The first-order chi connectivity index (χ1) is 11.6. The summed E-state index contributed by atoms with van der Waals surface area (Å²) in [6.45, 7) is 9.94. The number of morpholine rings is 1. The summed E-state index contributed by atoms with van der Waals surface area (Å²) in [4.78, 5) is 12.7. The van der Waals surface area contributed by atoms with Gasteiger partial charge in [-0.05, 0) is 35.1 Å². The Morgan fingerprint density at radius 1 is 1.08 bits per heavy atom. The van der Waals surface area contributed by atoms with E-state index in [0.717, 1.165) is 0 Å². The summed E-state index contributed by atoms with van der Waals surface area (Å²) < 4.78 is 31.8. The number of hydrogen-bond donors (Lipinski definition) is 1. The minimum Gasteiger partial charge on any atom is -0.379 e. The Balaban J connectivity index is 1.70. The second-order valence-corrected chi connectivity index (χ2v) is 9.84. The fourth-order valence-electron chi connectivity index (χ4n) is 3.71. The van der Waals surface area contributed by atoms with Crippen LogP contribution >= 0.6 is 0 Å². The molecule has 0 radical (unpaired) electrons. The van der Waals surface area contributed by atoms with E-state index < -0.39 is 10.0 Å². The monoisotopic (exact) mass is 366 g/mol. The van der Waals surface area contributed by atoms with Crippen molar-refractivity contribution in [3.05, 3.63) is 24.3 Å². The molecular formula is C18H26N2O4S. The highest BCUT2D eigenvalue weighted by molar-refractivity contribution is 7.89. The van der Waals surface area contributed by atoms with Crippen molar-refractivity contribution in [1.82, 2.24) is 4.31 Å². The van der Waals surface area contributed by atoms with Crippen LogP contribution in [0, 0.1) is 16.7 Å². The molecular weight excluding hydrogens is 340 g/mol. The minimum absolute atomic E-state index is 0.0150. The molecule has 1 saturated carbocycles. The van der Waals surface area contributed by atoms with E-state index in [1.165, 1.54) is 4.31 Å². The molecule has 7 heteroatoms. The highest BCUT2D eigenvalue weighted by Crippen LogP contribution is 2.68. The summed E-state index contributed by atoms with van der Waals surface area (Å²) in [5.41, 5.74) is 0.553. The number of carbonyl (C=O) groups excluding carboxylic acids is 1. The van der Waals surface area contributed by atoms with Crippen molar-refractivity contribution in [2.75, 3.05) is 31.6 Å². The topological polar surface area (TPSA) is 75.7 Å². The van der Waals surface area contributed by atoms with Gasteiger partial charge in [0.25, 0.3) is 0 Å². The first-order valence-corrected chi connectivity index (χ1v) is 10.0. The molecule has 1 heterocycles. The Morgan fingerprint density at radius 2 is 1.60 bits per heavy atom. The largest absolute Gasteiger partial charge is 0.379 e. The average molecular weight is 366 g/mol. The summed E-state index contributed by atoms with van der Waals surface area (Å²) >= 11 is 0. The lowest BCUT2D eigenvalue weighted by atomic mass is 10.0. The van der Waals surface area contributed by atoms with Gasteiger partial charge in [-0.1, -0.05) is 27.7 Å². The van der Waals surface area contributed by atoms with Gasteiger partial charge in [-0.25, -0.2) is 8.42 Å². The van der Waals surface area contributed by atoms with Crippen molar-refractivity contribution in [1.29, 1.82) is 0 Å². The van der Waals surface area contributed by atoms with Crippen LogP contribution in [0.5, 0.6) is 0 Å². The Hall–Kier alpha value is -1.44. The molecule has 1 aromatic rings. The van der Waals surface area contributed by atoms with E-state index in [1.54, 1.807) is 24.3 Å². The van der Waals surface area contributed by atoms with Crippen LogP contribution in [0.2, 0.25) is 0 Å². The van der Waals surface area contributed by atoms with Crippen LogP contribution in [0.1, 0.15) is 27.7 Å². The number of ether oxygens (including phenoxy) is 1. The fourth-order valence-corrected chi connectivity index (χ4v) is 5.12. The van der Waals surface area contributed by atoms with Gasteiger partial charge < -0.3 is 10.1 Å². The number of nitrogens with zero attached hydrogens (tertiary/aromatic N) is 1. The van der Waals surface area contributed by atoms with Gasteiger partial charge in [0.2, 0.25) is 15.9 Å². The number of benzene rings is 1. The van der Waals surface area contributed by atoms with E-state index >= 15 is 0 Å². The number of anilines is 1. The van der Waals surface area contributed by atoms with E-state index in [1.807, 2.05) is 0 Å². The van der Waals surface area contributed by atoms with Crippen molar-refractivity contribution in [2.45, 2.75) is 32.6 Å². The number of hydrogen-bond acceptors (Lipinski definition) is 4. The summed E-state index contributed by atoms with van der Waals surface area (Å²) in [6.07, 6.45) is 0.